The van der Waals surface area contributed by atoms with Crippen molar-refractivity contribution < 1.29 is 9.53 Å². The van der Waals surface area contributed by atoms with E-state index >= 15 is 0 Å². The van der Waals surface area contributed by atoms with Crippen molar-refractivity contribution in [3.05, 3.63) is 29.7 Å². The van der Waals surface area contributed by atoms with Gasteiger partial charge in [-0.2, -0.15) is 0 Å². The molecule has 0 unspecified atom stereocenters. The zero-order chi connectivity index (χ0) is 19.2. The molecule has 1 saturated heterocycles. The molecule has 2 fully saturated rings. The van der Waals surface area contributed by atoms with Gasteiger partial charge in [-0.25, -0.2) is 9.78 Å². The minimum Gasteiger partial charge on any atom is -0.444 e. The molecule has 2 aliphatic rings. The Hall–Kier alpha value is -2.28. The van der Waals surface area contributed by atoms with Gasteiger partial charge < -0.3 is 24.7 Å². The molecule has 146 valence electrons. The summed E-state index contributed by atoms with van der Waals surface area (Å²) in [5, 5.41) is 0. The third-order valence-corrected chi connectivity index (χ3v) is 5.13. The molecule has 1 aliphatic heterocycles. The summed E-state index contributed by atoms with van der Waals surface area (Å²) in [6, 6.07) is 2.28. The fraction of sp³-hybridized carbons (Fsp3) is 0.600. The Morgan fingerprint density at radius 1 is 1.22 bits per heavy atom. The van der Waals surface area contributed by atoms with E-state index in [1.165, 1.54) is 18.4 Å². The van der Waals surface area contributed by atoms with Crippen LogP contribution in [0.3, 0.4) is 0 Å². The van der Waals surface area contributed by atoms with Crippen molar-refractivity contribution in [3.63, 3.8) is 0 Å². The lowest BCUT2D eigenvalue weighted by Crippen LogP contribution is -2.50. The van der Waals surface area contributed by atoms with Gasteiger partial charge in [0.2, 0.25) is 0 Å². The van der Waals surface area contributed by atoms with E-state index in [0.29, 0.717) is 25.6 Å². The minimum atomic E-state index is -0.465. The largest absolute Gasteiger partial charge is 0.444 e. The van der Waals surface area contributed by atoms with E-state index < -0.39 is 5.60 Å². The summed E-state index contributed by atoms with van der Waals surface area (Å²) in [6.07, 6.45) is 6.51. The van der Waals surface area contributed by atoms with E-state index in [-0.39, 0.29) is 6.09 Å². The number of anilines is 1. The second-order valence-electron chi connectivity index (χ2n) is 8.55. The maximum Gasteiger partial charge on any atom is 0.410 e. The van der Waals surface area contributed by atoms with E-state index in [2.05, 4.69) is 21.6 Å². The molecule has 0 bridgehead atoms. The van der Waals surface area contributed by atoms with Crippen LogP contribution in [0, 0.1) is 0 Å². The van der Waals surface area contributed by atoms with Crippen LogP contribution in [0.2, 0.25) is 0 Å². The minimum absolute atomic E-state index is 0.231. The van der Waals surface area contributed by atoms with E-state index in [0.717, 1.165) is 30.1 Å². The fourth-order valence-electron chi connectivity index (χ4n) is 3.58. The fourth-order valence-corrected chi connectivity index (χ4v) is 3.58. The van der Waals surface area contributed by atoms with Crippen molar-refractivity contribution >= 4 is 17.4 Å². The number of hydrogen-bond acceptors (Lipinski definition) is 5. The number of amides is 1. The number of carbonyl (C=O) groups excluding carboxylic acids is 1. The molecule has 1 saturated carbocycles. The first-order valence-corrected chi connectivity index (χ1v) is 9.78. The normalized spacial score (nSPS) is 18.2. The van der Waals surface area contributed by atoms with Crippen LogP contribution < -0.4 is 10.6 Å². The van der Waals surface area contributed by atoms with Gasteiger partial charge in [0.05, 0.1) is 11.4 Å². The summed E-state index contributed by atoms with van der Waals surface area (Å²) in [5.41, 5.74) is 9.70. The monoisotopic (exact) mass is 371 g/mol. The van der Waals surface area contributed by atoms with Gasteiger partial charge in [0.1, 0.15) is 5.60 Å². The van der Waals surface area contributed by atoms with Crippen LogP contribution in [0.1, 0.15) is 50.8 Å². The molecule has 3 heterocycles. The molecule has 2 N–H and O–H groups in total. The number of piperazine rings is 1. The second kappa shape index (κ2) is 6.71. The number of pyridine rings is 1. The van der Waals surface area contributed by atoms with Gasteiger partial charge >= 0.3 is 6.09 Å². The van der Waals surface area contributed by atoms with Crippen molar-refractivity contribution in [2.45, 2.75) is 51.7 Å². The van der Waals surface area contributed by atoms with Gasteiger partial charge in [0.25, 0.3) is 0 Å². The predicted octanol–water partition coefficient (Wildman–Crippen LogP) is 2.73. The highest BCUT2D eigenvalue weighted by atomic mass is 16.6. The van der Waals surface area contributed by atoms with Crippen molar-refractivity contribution in [1.29, 1.82) is 0 Å². The van der Waals surface area contributed by atoms with Crippen LogP contribution in [0.25, 0.3) is 5.65 Å². The SMILES string of the molecule is CC(C)(C)OC(=O)N1CCN(c2cc(C3CC3)cn3cc(CN)nc23)CC1. The predicted molar refractivity (Wildman–Crippen MR) is 105 cm³/mol. The van der Waals surface area contributed by atoms with Crippen LogP contribution in [-0.4, -0.2) is 52.2 Å². The molecule has 2 aromatic rings. The van der Waals surface area contributed by atoms with Gasteiger partial charge in [-0.05, 0) is 51.2 Å². The summed E-state index contributed by atoms with van der Waals surface area (Å²) in [5.74, 6) is 0.667. The molecule has 7 heteroatoms. The molecule has 2 aromatic heterocycles. The van der Waals surface area contributed by atoms with Crippen molar-refractivity contribution in [2.24, 2.45) is 5.73 Å². The third-order valence-electron chi connectivity index (χ3n) is 5.13. The average Bonchev–Trinajstić information content (AvgIpc) is 3.38. The zero-order valence-electron chi connectivity index (χ0n) is 16.4. The summed E-state index contributed by atoms with van der Waals surface area (Å²) < 4.78 is 7.62. The highest BCUT2D eigenvalue weighted by Crippen LogP contribution is 2.42. The lowest BCUT2D eigenvalue weighted by atomic mass is 10.1. The van der Waals surface area contributed by atoms with E-state index in [1.807, 2.05) is 27.0 Å². The molecule has 0 atom stereocenters. The first-order valence-electron chi connectivity index (χ1n) is 9.78. The summed E-state index contributed by atoms with van der Waals surface area (Å²) in [7, 11) is 0. The highest BCUT2D eigenvalue weighted by Gasteiger charge is 2.29. The van der Waals surface area contributed by atoms with Crippen molar-refractivity contribution in [2.75, 3.05) is 31.1 Å². The van der Waals surface area contributed by atoms with Crippen LogP contribution in [-0.2, 0) is 11.3 Å². The smallest absolute Gasteiger partial charge is 0.410 e. The van der Waals surface area contributed by atoms with Gasteiger partial charge in [-0.15, -0.1) is 0 Å². The molecule has 1 aliphatic carbocycles. The molecule has 7 nitrogen and oxygen atoms in total. The molecule has 0 spiro atoms. The Bertz CT molecular complexity index is 842. The molecule has 27 heavy (non-hydrogen) atoms. The summed E-state index contributed by atoms with van der Waals surface area (Å²) >= 11 is 0. The van der Waals surface area contributed by atoms with Gasteiger partial charge in [-0.1, -0.05) is 0 Å². The third kappa shape index (κ3) is 3.88. The number of fused-ring (bicyclic) bond motifs is 1. The van der Waals surface area contributed by atoms with Crippen molar-refractivity contribution in [1.82, 2.24) is 14.3 Å². The second-order valence-corrected chi connectivity index (χ2v) is 8.55. The first-order chi connectivity index (χ1) is 12.8. The number of rotatable bonds is 3. The molecular formula is C20H29N5O2. The van der Waals surface area contributed by atoms with Crippen LogP contribution in [0.15, 0.2) is 18.5 Å². The molecule has 0 radical (unpaired) electrons. The lowest BCUT2D eigenvalue weighted by molar-refractivity contribution is 0.0240. The highest BCUT2D eigenvalue weighted by molar-refractivity contribution is 5.72. The van der Waals surface area contributed by atoms with Crippen LogP contribution in [0.5, 0.6) is 0 Å². The Morgan fingerprint density at radius 2 is 1.93 bits per heavy atom. The lowest BCUT2D eigenvalue weighted by Gasteiger charge is -2.37. The number of carbonyl (C=O) groups is 1. The Labute approximate surface area is 160 Å². The number of nitrogens with two attached hydrogens (primary N) is 1. The first kappa shape index (κ1) is 18.1. The van der Waals surface area contributed by atoms with Crippen molar-refractivity contribution in [3.8, 4) is 0 Å². The molecular weight excluding hydrogens is 342 g/mol. The number of nitrogens with zero attached hydrogens (tertiary/aromatic N) is 4. The summed E-state index contributed by atoms with van der Waals surface area (Å²) in [6.45, 7) is 8.98. The Morgan fingerprint density at radius 3 is 2.52 bits per heavy atom. The van der Waals surface area contributed by atoms with E-state index in [4.69, 9.17) is 15.5 Å². The zero-order valence-corrected chi connectivity index (χ0v) is 16.4. The van der Waals surface area contributed by atoms with Gasteiger partial charge in [0.15, 0.2) is 5.65 Å². The average molecular weight is 371 g/mol. The Kier molecular flexibility index (Phi) is 4.50. The van der Waals surface area contributed by atoms with Crippen LogP contribution in [0.4, 0.5) is 10.5 Å². The maximum absolute atomic E-state index is 12.3. The number of hydrogen-bond donors (Lipinski definition) is 1. The number of aromatic nitrogens is 2. The Balaban J connectivity index is 1.54. The summed E-state index contributed by atoms with van der Waals surface area (Å²) in [4.78, 5) is 21.2. The number of ether oxygens (including phenoxy) is 1. The van der Waals surface area contributed by atoms with E-state index in [9.17, 15) is 4.79 Å². The topological polar surface area (TPSA) is 76.1 Å². The molecule has 4 rings (SSSR count). The molecule has 0 aromatic carbocycles. The maximum atomic E-state index is 12.3. The number of imidazole rings is 1. The quantitative estimate of drug-likeness (QED) is 0.898. The molecule has 1 amide bonds. The van der Waals surface area contributed by atoms with Gasteiger partial charge in [0, 0.05) is 45.1 Å². The standard InChI is InChI=1S/C20H29N5O2/c1-20(2,3)27-19(26)24-8-6-23(7-9-24)17-10-15(14-4-5-14)12-25-13-16(11-21)22-18(17)25/h10,12-14H,4-9,11,21H2,1-3H3. The van der Waals surface area contributed by atoms with E-state index in [1.54, 1.807) is 4.90 Å². The van der Waals surface area contributed by atoms with Gasteiger partial charge in [-0.3, -0.25) is 0 Å². The van der Waals surface area contributed by atoms with Crippen LogP contribution >= 0.6 is 0 Å².